The molecule has 3 aliphatic rings. The number of amides is 1. The summed E-state index contributed by atoms with van der Waals surface area (Å²) in [6.07, 6.45) is 6.93. The van der Waals surface area contributed by atoms with Crippen molar-refractivity contribution < 1.29 is 24.3 Å². The van der Waals surface area contributed by atoms with Crippen LogP contribution in [-0.4, -0.2) is 45.5 Å². The Balaban J connectivity index is 1.60. The van der Waals surface area contributed by atoms with Gasteiger partial charge in [0.25, 0.3) is 0 Å². The number of para-hydroxylation sites is 1. The summed E-state index contributed by atoms with van der Waals surface area (Å²) in [6.45, 7) is 7.51. The number of benzene rings is 1. The number of aliphatic hydroxyl groups excluding tert-OH is 1. The van der Waals surface area contributed by atoms with Crippen molar-refractivity contribution in [3.05, 3.63) is 59.8 Å². The lowest BCUT2D eigenvalue weighted by molar-refractivity contribution is -0.158. The highest BCUT2D eigenvalue weighted by molar-refractivity contribution is 6.13. The van der Waals surface area contributed by atoms with Gasteiger partial charge < -0.3 is 15.4 Å². The molecular weight excluding hydrogens is 492 g/mol. The molecule has 7 nitrogen and oxygen atoms in total. The number of carbonyl (C=O) groups excluding carboxylic acids is 4. The topological polar surface area (TPSA) is 116 Å². The highest BCUT2D eigenvalue weighted by atomic mass is 16.3. The van der Waals surface area contributed by atoms with Crippen LogP contribution >= 0.6 is 0 Å². The number of hydrogen-bond donors (Lipinski definition) is 3. The van der Waals surface area contributed by atoms with Gasteiger partial charge in [0.1, 0.15) is 23.1 Å². The first-order valence-corrected chi connectivity index (χ1v) is 14.1. The van der Waals surface area contributed by atoms with Gasteiger partial charge in [-0.25, -0.2) is 0 Å². The van der Waals surface area contributed by atoms with Crippen LogP contribution in [0.2, 0.25) is 0 Å². The fourth-order valence-corrected chi connectivity index (χ4v) is 7.38. The van der Waals surface area contributed by atoms with Gasteiger partial charge in [-0.05, 0) is 55.2 Å². The average molecular weight is 531 g/mol. The molecule has 1 saturated carbocycles. The summed E-state index contributed by atoms with van der Waals surface area (Å²) in [5.41, 5.74) is 0.936. The molecule has 7 heteroatoms. The monoisotopic (exact) mass is 530 g/mol. The second-order valence-corrected chi connectivity index (χ2v) is 11.9. The number of aliphatic hydroxyl groups is 1. The average Bonchev–Trinajstić information content (AvgIpc) is 3.45. The maximum absolute atomic E-state index is 14.2. The lowest BCUT2D eigenvalue weighted by Crippen LogP contribution is -2.59. The van der Waals surface area contributed by atoms with Gasteiger partial charge in [0.05, 0.1) is 5.92 Å². The minimum atomic E-state index is -1.57. The molecule has 2 heterocycles. The highest BCUT2D eigenvalue weighted by Gasteiger charge is 2.68. The molecule has 206 valence electrons. The van der Waals surface area contributed by atoms with Gasteiger partial charge >= 0.3 is 0 Å². The van der Waals surface area contributed by atoms with Crippen LogP contribution in [0.25, 0.3) is 10.9 Å². The van der Waals surface area contributed by atoms with E-state index in [0.29, 0.717) is 18.4 Å². The number of ketones is 3. The number of Topliss-reactive ketones (excluding diaryl/α,β-unsaturated/α-hetero) is 3. The van der Waals surface area contributed by atoms with Gasteiger partial charge in [-0.2, -0.15) is 0 Å². The summed E-state index contributed by atoms with van der Waals surface area (Å²) in [6, 6.07) is 7.64. The van der Waals surface area contributed by atoms with E-state index in [9.17, 15) is 24.3 Å². The third-order valence-corrected chi connectivity index (χ3v) is 9.54. The summed E-state index contributed by atoms with van der Waals surface area (Å²) in [5, 5.41) is 14.9. The number of carbonyl (C=O) groups is 4. The zero-order chi connectivity index (χ0) is 28.1. The number of nitrogens with one attached hydrogen (secondary N) is 2. The second-order valence-electron chi connectivity index (χ2n) is 11.9. The summed E-state index contributed by atoms with van der Waals surface area (Å²) < 4.78 is 0. The van der Waals surface area contributed by atoms with Gasteiger partial charge in [0.2, 0.25) is 5.91 Å². The van der Waals surface area contributed by atoms with E-state index in [1.54, 1.807) is 13.0 Å². The molecule has 8 atom stereocenters. The number of H-pyrrole nitrogens is 1. The highest BCUT2D eigenvalue weighted by Crippen LogP contribution is 2.56. The first-order valence-electron chi connectivity index (χ1n) is 14.1. The zero-order valence-corrected chi connectivity index (χ0v) is 23.1. The summed E-state index contributed by atoms with van der Waals surface area (Å²) in [5.74, 6) is -3.14. The van der Waals surface area contributed by atoms with Crippen LogP contribution in [0.5, 0.6) is 0 Å². The van der Waals surface area contributed by atoms with Crippen LogP contribution in [0.15, 0.2) is 54.3 Å². The molecule has 1 spiro atoms. The van der Waals surface area contributed by atoms with Crippen molar-refractivity contribution in [2.75, 3.05) is 0 Å². The Morgan fingerprint density at radius 1 is 1.08 bits per heavy atom. The SMILES string of the molecule is C/C1=C\[C@@H](C)C/C=C/[C@H]2C(=O)[C@H](C)[C@@H](C)[C@H]3[C@H](Cc4c[nH]c5ccccc45)NC(=O)[C@]32C(=O)CC[C@H](O)C1=O. The minimum absolute atomic E-state index is 0.0114. The zero-order valence-electron chi connectivity index (χ0n) is 23.1. The minimum Gasteiger partial charge on any atom is -0.385 e. The third kappa shape index (κ3) is 4.41. The van der Waals surface area contributed by atoms with Crippen LogP contribution in [0, 0.1) is 35.0 Å². The largest absolute Gasteiger partial charge is 0.385 e. The van der Waals surface area contributed by atoms with E-state index < -0.39 is 35.0 Å². The predicted octanol–water partition coefficient (Wildman–Crippen LogP) is 4.10. The molecule has 39 heavy (non-hydrogen) atoms. The Kier molecular flexibility index (Phi) is 7.23. The second kappa shape index (κ2) is 10.3. The number of aromatic amines is 1. The Labute approximate surface area is 229 Å². The quantitative estimate of drug-likeness (QED) is 0.399. The van der Waals surface area contributed by atoms with E-state index in [-0.39, 0.29) is 48.2 Å². The van der Waals surface area contributed by atoms with Crippen molar-refractivity contribution in [2.24, 2.45) is 35.0 Å². The summed E-state index contributed by atoms with van der Waals surface area (Å²) in [4.78, 5) is 58.2. The molecule has 1 saturated heterocycles. The van der Waals surface area contributed by atoms with Gasteiger partial charge in [0, 0.05) is 41.4 Å². The van der Waals surface area contributed by atoms with Gasteiger partial charge in [-0.15, -0.1) is 0 Å². The Morgan fingerprint density at radius 3 is 2.59 bits per heavy atom. The molecule has 0 radical (unpaired) electrons. The van der Waals surface area contributed by atoms with Crippen molar-refractivity contribution in [1.29, 1.82) is 0 Å². The summed E-state index contributed by atoms with van der Waals surface area (Å²) >= 11 is 0. The van der Waals surface area contributed by atoms with Crippen molar-refractivity contribution in [1.82, 2.24) is 10.3 Å². The lowest BCUT2D eigenvalue weighted by Gasteiger charge is -2.47. The number of fused-ring (bicyclic) bond motifs is 1. The molecule has 1 amide bonds. The van der Waals surface area contributed by atoms with Crippen molar-refractivity contribution in [2.45, 2.75) is 65.5 Å². The Bertz CT molecular complexity index is 1390. The van der Waals surface area contributed by atoms with E-state index in [1.165, 1.54) is 0 Å². The van der Waals surface area contributed by atoms with Crippen molar-refractivity contribution >= 4 is 34.2 Å². The normalized spacial score (nSPS) is 38.1. The molecular formula is C32H38N2O5. The molecule has 2 fully saturated rings. The smallest absolute Gasteiger partial charge is 0.235 e. The van der Waals surface area contributed by atoms with E-state index in [2.05, 4.69) is 10.3 Å². The van der Waals surface area contributed by atoms with Crippen molar-refractivity contribution in [3.8, 4) is 0 Å². The molecule has 3 N–H and O–H groups in total. The Hall–Kier alpha value is -3.32. The standard InChI is InChI=1S/C32H38N2O5/c1-17-8-7-10-23-30(38)20(4)19(3)28-25(15-21-16-33-24-11-6-5-9-22(21)24)34-31(39)32(23,28)27(36)13-12-26(35)29(37)18(2)14-17/h5-7,9-11,14,16-17,19-20,23,25-26,28,33,35H,8,12-13,15H2,1-4H3,(H,34,39)/b10-7+,18-14+/t17-,19+,20+,23-,25-,26-,28-,32+/m0/s1. The maximum Gasteiger partial charge on any atom is 0.235 e. The van der Waals surface area contributed by atoms with Crippen LogP contribution in [0.3, 0.4) is 0 Å². The van der Waals surface area contributed by atoms with E-state index in [0.717, 1.165) is 16.5 Å². The van der Waals surface area contributed by atoms with E-state index in [4.69, 9.17) is 0 Å². The van der Waals surface area contributed by atoms with Crippen LogP contribution < -0.4 is 5.32 Å². The molecule has 1 aromatic carbocycles. The third-order valence-electron chi connectivity index (χ3n) is 9.54. The van der Waals surface area contributed by atoms with Gasteiger partial charge in [-0.1, -0.05) is 57.2 Å². The lowest BCUT2D eigenvalue weighted by atomic mass is 9.51. The van der Waals surface area contributed by atoms with Gasteiger partial charge in [0.15, 0.2) is 5.78 Å². The number of rotatable bonds is 2. The number of aromatic nitrogens is 1. The van der Waals surface area contributed by atoms with Crippen LogP contribution in [0.1, 0.15) is 52.5 Å². The predicted molar refractivity (Wildman–Crippen MR) is 149 cm³/mol. The molecule has 5 rings (SSSR count). The maximum atomic E-state index is 14.2. The van der Waals surface area contributed by atoms with Crippen LogP contribution in [0.4, 0.5) is 0 Å². The van der Waals surface area contributed by atoms with Crippen LogP contribution in [-0.2, 0) is 25.6 Å². The molecule has 1 aliphatic heterocycles. The molecule has 2 aliphatic carbocycles. The van der Waals surface area contributed by atoms with E-state index >= 15 is 0 Å². The first kappa shape index (κ1) is 27.3. The van der Waals surface area contributed by atoms with E-state index in [1.807, 2.05) is 63.4 Å². The van der Waals surface area contributed by atoms with Crippen molar-refractivity contribution in [3.63, 3.8) is 0 Å². The number of hydrogen-bond acceptors (Lipinski definition) is 5. The first-order chi connectivity index (χ1) is 18.6. The van der Waals surface area contributed by atoms with Gasteiger partial charge in [-0.3, -0.25) is 19.2 Å². The molecule has 0 unspecified atom stereocenters. The fraction of sp³-hybridized carbons (Fsp3) is 0.500. The Morgan fingerprint density at radius 2 is 1.82 bits per heavy atom. The summed E-state index contributed by atoms with van der Waals surface area (Å²) in [7, 11) is 0. The molecule has 0 bridgehead atoms. The fourth-order valence-electron chi connectivity index (χ4n) is 7.38. The molecule has 1 aromatic heterocycles. The molecule has 2 aromatic rings. The number of allylic oxidation sites excluding steroid dienone is 3.